The maximum atomic E-state index is 6.10. The number of nitrogens with one attached hydrogen (secondary N) is 1. The molecule has 26 heavy (non-hydrogen) atoms. The number of thiocarbonyl (C=S) groups is 1. The first kappa shape index (κ1) is 19.7. The van der Waals surface area contributed by atoms with Crippen molar-refractivity contribution in [2.75, 3.05) is 31.5 Å². The van der Waals surface area contributed by atoms with Gasteiger partial charge in [0.15, 0.2) is 5.11 Å². The number of benzene rings is 2. The molecule has 0 saturated carbocycles. The van der Waals surface area contributed by atoms with Gasteiger partial charge in [0.1, 0.15) is 0 Å². The quantitative estimate of drug-likeness (QED) is 0.653. The van der Waals surface area contributed by atoms with Crippen LogP contribution in [0, 0.1) is 6.92 Å². The third-order valence-electron chi connectivity index (χ3n) is 4.49. The van der Waals surface area contributed by atoms with Crippen LogP contribution in [-0.4, -0.2) is 41.1 Å². The van der Waals surface area contributed by atoms with E-state index in [1.807, 2.05) is 43.3 Å². The Hall–Kier alpha value is -1.04. The monoisotopic (exact) mass is 427 g/mol. The van der Waals surface area contributed by atoms with E-state index < -0.39 is 0 Å². The summed E-state index contributed by atoms with van der Waals surface area (Å²) in [5, 5.41) is 5.96. The van der Waals surface area contributed by atoms with Crippen molar-refractivity contribution in [3.05, 3.63) is 62.6 Å². The molecule has 0 radical (unpaired) electrons. The molecule has 1 saturated heterocycles. The summed E-state index contributed by atoms with van der Waals surface area (Å²) >= 11 is 23.7. The molecule has 2 aromatic carbocycles. The topological polar surface area (TPSA) is 18.5 Å². The van der Waals surface area contributed by atoms with Gasteiger partial charge in [0.2, 0.25) is 0 Å². The molecule has 1 aliphatic heterocycles. The Morgan fingerprint density at radius 2 is 1.73 bits per heavy atom. The van der Waals surface area contributed by atoms with E-state index in [2.05, 4.69) is 15.1 Å². The van der Waals surface area contributed by atoms with E-state index in [4.69, 9.17) is 47.0 Å². The Morgan fingerprint density at radius 1 is 1.00 bits per heavy atom. The molecule has 0 unspecified atom stereocenters. The summed E-state index contributed by atoms with van der Waals surface area (Å²) in [6.07, 6.45) is 0. The average molecular weight is 429 g/mol. The van der Waals surface area contributed by atoms with E-state index in [1.54, 1.807) is 0 Å². The number of rotatable bonds is 3. The molecule has 7 heteroatoms. The lowest BCUT2D eigenvalue weighted by Crippen LogP contribution is -2.49. The first-order valence-electron chi connectivity index (χ1n) is 8.41. The van der Waals surface area contributed by atoms with Crippen molar-refractivity contribution in [1.82, 2.24) is 9.80 Å². The van der Waals surface area contributed by atoms with Gasteiger partial charge in [0.25, 0.3) is 0 Å². The third-order valence-corrected chi connectivity index (χ3v) is 5.83. The fraction of sp³-hybridized carbons (Fsp3) is 0.316. The van der Waals surface area contributed by atoms with Crippen molar-refractivity contribution >= 4 is 57.8 Å². The van der Waals surface area contributed by atoms with Gasteiger partial charge in [-0.25, -0.2) is 0 Å². The van der Waals surface area contributed by atoms with Crippen LogP contribution in [0.4, 0.5) is 5.69 Å². The lowest BCUT2D eigenvalue weighted by molar-refractivity contribution is 0.177. The predicted molar refractivity (Wildman–Crippen MR) is 116 cm³/mol. The van der Waals surface area contributed by atoms with Gasteiger partial charge in [0.05, 0.1) is 10.0 Å². The molecule has 3 rings (SSSR count). The van der Waals surface area contributed by atoms with Gasteiger partial charge >= 0.3 is 0 Å². The molecule has 0 spiro atoms. The molecule has 2 aromatic rings. The second-order valence-electron chi connectivity index (χ2n) is 6.40. The van der Waals surface area contributed by atoms with Crippen LogP contribution < -0.4 is 5.32 Å². The number of anilines is 1. The predicted octanol–water partition coefficient (Wildman–Crippen LogP) is 5.47. The smallest absolute Gasteiger partial charge is 0.173 e. The number of halogens is 3. The molecule has 0 amide bonds. The maximum Gasteiger partial charge on any atom is 0.173 e. The van der Waals surface area contributed by atoms with E-state index in [-0.39, 0.29) is 0 Å². The molecular formula is C19H20Cl3N3S. The SMILES string of the molecule is Cc1ccc(Cl)cc1NC(=S)N1CCN(Cc2ccc(Cl)c(Cl)c2)CC1. The summed E-state index contributed by atoms with van der Waals surface area (Å²) in [7, 11) is 0. The van der Waals surface area contributed by atoms with Crippen LogP contribution in [0.3, 0.4) is 0 Å². The third kappa shape index (κ3) is 5.02. The van der Waals surface area contributed by atoms with Crippen molar-refractivity contribution in [1.29, 1.82) is 0 Å². The maximum absolute atomic E-state index is 6.10. The Bertz CT molecular complexity index is 805. The standard InChI is InChI=1S/C19H20Cl3N3S/c1-13-2-4-15(20)11-18(13)23-19(26)25-8-6-24(7-9-25)12-14-3-5-16(21)17(22)10-14/h2-5,10-11H,6-9,12H2,1H3,(H,23,26). The number of hydrogen-bond donors (Lipinski definition) is 1. The highest BCUT2D eigenvalue weighted by molar-refractivity contribution is 7.80. The molecule has 0 aliphatic carbocycles. The molecule has 3 nitrogen and oxygen atoms in total. The zero-order valence-electron chi connectivity index (χ0n) is 14.4. The van der Waals surface area contributed by atoms with Gasteiger partial charge in [-0.15, -0.1) is 0 Å². The molecule has 1 aliphatic rings. The number of hydrogen-bond acceptors (Lipinski definition) is 2. The minimum atomic E-state index is 0.591. The number of nitrogens with zero attached hydrogens (tertiary/aromatic N) is 2. The highest BCUT2D eigenvalue weighted by Crippen LogP contribution is 2.24. The van der Waals surface area contributed by atoms with Crippen LogP contribution in [0.5, 0.6) is 0 Å². The van der Waals surface area contributed by atoms with Gasteiger partial charge in [-0.05, 0) is 54.5 Å². The molecule has 138 valence electrons. The Kier molecular flexibility index (Phi) is 6.65. The summed E-state index contributed by atoms with van der Waals surface area (Å²) < 4.78 is 0. The largest absolute Gasteiger partial charge is 0.346 e. The lowest BCUT2D eigenvalue weighted by atomic mass is 10.2. The number of piperazine rings is 1. The Balaban J connectivity index is 1.53. The molecule has 1 N–H and O–H groups in total. The normalized spacial score (nSPS) is 15.2. The molecule has 1 heterocycles. The van der Waals surface area contributed by atoms with Crippen LogP contribution in [-0.2, 0) is 6.54 Å². The summed E-state index contributed by atoms with van der Waals surface area (Å²) in [5.74, 6) is 0. The Labute approximate surface area is 174 Å². The zero-order chi connectivity index (χ0) is 18.7. The van der Waals surface area contributed by atoms with Crippen molar-refractivity contribution in [2.24, 2.45) is 0 Å². The molecular weight excluding hydrogens is 409 g/mol. The van der Waals surface area contributed by atoms with E-state index >= 15 is 0 Å². The Morgan fingerprint density at radius 3 is 2.42 bits per heavy atom. The average Bonchev–Trinajstić information content (AvgIpc) is 2.62. The zero-order valence-corrected chi connectivity index (χ0v) is 17.5. The highest BCUT2D eigenvalue weighted by Gasteiger charge is 2.19. The van der Waals surface area contributed by atoms with Gasteiger partial charge in [-0.1, -0.05) is 46.9 Å². The van der Waals surface area contributed by atoms with Crippen LogP contribution >= 0.6 is 47.0 Å². The fourth-order valence-corrected chi connectivity index (χ4v) is 3.71. The molecule has 1 fully saturated rings. The summed E-state index contributed by atoms with van der Waals surface area (Å²) in [6, 6.07) is 11.6. The minimum Gasteiger partial charge on any atom is -0.346 e. The van der Waals surface area contributed by atoms with E-state index in [0.717, 1.165) is 49.1 Å². The highest BCUT2D eigenvalue weighted by atomic mass is 35.5. The van der Waals surface area contributed by atoms with Gasteiger partial charge in [0, 0.05) is 43.4 Å². The second kappa shape index (κ2) is 8.77. The lowest BCUT2D eigenvalue weighted by Gasteiger charge is -2.36. The van der Waals surface area contributed by atoms with Gasteiger partial charge < -0.3 is 10.2 Å². The summed E-state index contributed by atoms with van der Waals surface area (Å²) in [6.45, 7) is 6.54. The first-order chi connectivity index (χ1) is 12.4. The van der Waals surface area contributed by atoms with Crippen molar-refractivity contribution < 1.29 is 0 Å². The van der Waals surface area contributed by atoms with Crippen LogP contribution in [0.15, 0.2) is 36.4 Å². The van der Waals surface area contributed by atoms with E-state index in [9.17, 15) is 0 Å². The molecule has 0 aromatic heterocycles. The summed E-state index contributed by atoms with van der Waals surface area (Å²) in [5.41, 5.74) is 3.25. The van der Waals surface area contributed by atoms with Gasteiger partial charge in [-0.3, -0.25) is 4.90 Å². The van der Waals surface area contributed by atoms with Crippen molar-refractivity contribution in [3.8, 4) is 0 Å². The summed E-state index contributed by atoms with van der Waals surface area (Å²) in [4.78, 5) is 4.59. The second-order valence-corrected chi connectivity index (χ2v) is 8.04. The van der Waals surface area contributed by atoms with E-state index in [1.165, 1.54) is 5.56 Å². The number of aryl methyl sites for hydroxylation is 1. The minimum absolute atomic E-state index is 0.591. The fourth-order valence-electron chi connectivity index (χ4n) is 2.93. The van der Waals surface area contributed by atoms with Crippen LogP contribution in [0.25, 0.3) is 0 Å². The molecule has 0 bridgehead atoms. The van der Waals surface area contributed by atoms with Crippen LogP contribution in [0.1, 0.15) is 11.1 Å². The van der Waals surface area contributed by atoms with Crippen molar-refractivity contribution in [3.63, 3.8) is 0 Å². The molecule has 0 atom stereocenters. The van der Waals surface area contributed by atoms with Crippen molar-refractivity contribution in [2.45, 2.75) is 13.5 Å². The van der Waals surface area contributed by atoms with Crippen LogP contribution in [0.2, 0.25) is 15.1 Å². The van der Waals surface area contributed by atoms with E-state index in [0.29, 0.717) is 15.1 Å². The first-order valence-corrected chi connectivity index (χ1v) is 9.95. The van der Waals surface area contributed by atoms with Gasteiger partial charge in [-0.2, -0.15) is 0 Å².